The summed E-state index contributed by atoms with van der Waals surface area (Å²) in [6.45, 7) is 4.31. The summed E-state index contributed by atoms with van der Waals surface area (Å²) in [6.07, 6.45) is -0.772. The molecule has 0 bridgehead atoms. The third-order valence-electron chi connectivity index (χ3n) is 4.32. The molecule has 11 heteroatoms. The zero-order chi connectivity index (χ0) is 21.6. The molecule has 0 saturated carbocycles. The Hall–Kier alpha value is -2.95. The van der Waals surface area contributed by atoms with Gasteiger partial charge in [-0.2, -0.15) is 0 Å². The summed E-state index contributed by atoms with van der Waals surface area (Å²) in [4.78, 5) is 55.3. The Bertz CT molecular complexity index is 960. The fraction of sp³-hybridized carbons (Fsp3) is 0.444. The third kappa shape index (κ3) is 4.09. The Kier molecular flexibility index (Phi) is 5.11. The standard InChI is InChI=1S/C18H20N2O8S/c1-18(2,3)27-17(24)19-8-9-29(25,26)13(10-19)16(23)28-20-14(21)11-6-4-5-7-12(11)15(20)22/h4-7,13H,8-10H2,1-3H3. The van der Waals surface area contributed by atoms with E-state index in [-0.39, 0.29) is 22.7 Å². The number of ether oxygens (including phenoxy) is 1. The highest BCUT2D eigenvalue weighted by Crippen LogP contribution is 2.24. The molecule has 3 rings (SSSR count). The quantitative estimate of drug-likeness (QED) is 0.637. The smallest absolute Gasteiger partial charge is 0.410 e. The van der Waals surface area contributed by atoms with Gasteiger partial charge in [0, 0.05) is 6.54 Å². The molecule has 3 amide bonds. The van der Waals surface area contributed by atoms with E-state index in [2.05, 4.69) is 0 Å². The van der Waals surface area contributed by atoms with Gasteiger partial charge in [0.2, 0.25) is 0 Å². The number of hydroxylamine groups is 2. The van der Waals surface area contributed by atoms with Crippen molar-refractivity contribution < 1.29 is 37.2 Å². The number of rotatable bonds is 2. The van der Waals surface area contributed by atoms with Gasteiger partial charge in [-0.15, -0.1) is 0 Å². The fourth-order valence-corrected chi connectivity index (χ4v) is 4.40. The van der Waals surface area contributed by atoms with Gasteiger partial charge in [-0.3, -0.25) is 9.59 Å². The van der Waals surface area contributed by atoms with Crippen LogP contribution in [0.15, 0.2) is 24.3 Å². The largest absolute Gasteiger partial charge is 0.444 e. The predicted molar refractivity (Wildman–Crippen MR) is 98.4 cm³/mol. The van der Waals surface area contributed by atoms with Crippen molar-refractivity contribution in [2.75, 3.05) is 18.8 Å². The van der Waals surface area contributed by atoms with Crippen LogP contribution < -0.4 is 0 Å². The molecule has 1 fully saturated rings. The van der Waals surface area contributed by atoms with E-state index in [0.29, 0.717) is 0 Å². The number of imide groups is 1. The van der Waals surface area contributed by atoms with E-state index in [9.17, 15) is 27.6 Å². The maximum Gasteiger partial charge on any atom is 0.410 e. The van der Waals surface area contributed by atoms with Crippen LogP contribution in [-0.2, 0) is 24.2 Å². The molecule has 1 saturated heterocycles. The van der Waals surface area contributed by atoms with Gasteiger partial charge in [-0.25, -0.2) is 18.0 Å². The summed E-state index contributed by atoms with van der Waals surface area (Å²) in [5, 5.41) is -1.50. The first kappa shape index (κ1) is 20.8. The Balaban J connectivity index is 1.76. The summed E-state index contributed by atoms with van der Waals surface area (Å²) in [5.41, 5.74) is -0.705. The van der Waals surface area contributed by atoms with Crippen LogP contribution in [0.25, 0.3) is 0 Å². The molecule has 0 radical (unpaired) electrons. The molecule has 156 valence electrons. The van der Waals surface area contributed by atoms with Gasteiger partial charge in [0.05, 0.1) is 23.4 Å². The summed E-state index contributed by atoms with van der Waals surface area (Å²) in [7, 11) is -3.95. The van der Waals surface area contributed by atoms with Gasteiger partial charge < -0.3 is 14.5 Å². The highest BCUT2D eigenvalue weighted by Gasteiger charge is 2.46. The monoisotopic (exact) mass is 424 g/mol. The molecule has 0 aromatic heterocycles. The average molecular weight is 424 g/mol. The van der Waals surface area contributed by atoms with Gasteiger partial charge in [0.15, 0.2) is 15.1 Å². The number of benzene rings is 1. The van der Waals surface area contributed by atoms with Crippen molar-refractivity contribution >= 4 is 33.7 Å². The van der Waals surface area contributed by atoms with Gasteiger partial charge in [0.1, 0.15) is 5.60 Å². The SMILES string of the molecule is CC(C)(C)OC(=O)N1CCS(=O)(=O)C(C(=O)ON2C(=O)c3ccccc3C2=O)C1. The first-order chi connectivity index (χ1) is 13.4. The molecule has 1 aromatic rings. The van der Waals surface area contributed by atoms with Crippen molar-refractivity contribution in [1.82, 2.24) is 9.96 Å². The predicted octanol–water partition coefficient (Wildman–Crippen LogP) is 0.775. The lowest BCUT2D eigenvalue weighted by molar-refractivity contribution is -0.168. The Morgan fingerprint density at radius 1 is 1.07 bits per heavy atom. The maximum absolute atomic E-state index is 12.5. The number of amides is 3. The molecule has 0 N–H and O–H groups in total. The molecule has 10 nitrogen and oxygen atoms in total. The lowest BCUT2D eigenvalue weighted by Gasteiger charge is -2.33. The molecule has 29 heavy (non-hydrogen) atoms. The van der Waals surface area contributed by atoms with E-state index in [4.69, 9.17) is 9.57 Å². The second kappa shape index (κ2) is 7.14. The van der Waals surface area contributed by atoms with Crippen molar-refractivity contribution in [3.05, 3.63) is 35.4 Å². The van der Waals surface area contributed by atoms with Crippen molar-refractivity contribution in [2.24, 2.45) is 0 Å². The molecular weight excluding hydrogens is 404 g/mol. The van der Waals surface area contributed by atoms with Crippen molar-refractivity contribution in [3.63, 3.8) is 0 Å². The normalized spacial score (nSPS) is 21.0. The fourth-order valence-electron chi connectivity index (χ4n) is 2.90. The van der Waals surface area contributed by atoms with Crippen LogP contribution in [0.3, 0.4) is 0 Å². The van der Waals surface area contributed by atoms with Crippen molar-refractivity contribution in [3.8, 4) is 0 Å². The molecule has 2 heterocycles. The number of carbonyl (C=O) groups excluding carboxylic acids is 4. The van der Waals surface area contributed by atoms with Crippen LogP contribution in [0, 0.1) is 0 Å². The first-order valence-electron chi connectivity index (χ1n) is 8.80. The van der Waals surface area contributed by atoms with E-state index >= 15 is 0 Å². The summed E-state index contributed by atoms with van der Waals surface area (Å²) >= 11 is 0. The van der Waals surface area contributed by atoms with Crippen LogP contribution in [0.4, 0.5) is 4.79 Å². The Labute approximate surface area is 167 Å². The van der Waals surface area contributed by atoms with Crippen LogP contribution in [0.2, 0.25) is 0 Å². The summed E-state index contributed by atoms with van der Waals surface area (Å²) < 4.78 is 29.9. The highest BCUT2D eigenvalue weighted by atomic mass is 32.2. The zero-order valence-corrected chi connectivity index (χ0v) is 16.9. The van der Waals surface area contributed by atoms with Gasteiger partial charge in [-0.05, 0) is 32.9 Å². The minimum absolute atomic E-state index is 0.0483. The third-order valence-corrected chi connectivity index (χ3v) is 6.28. The van der Waals surface area contributed by atoms with Gasteiger partial charge in [-0.1, -0.05) is 17.2 Å². The Morgan fingerprint density at radius 2 is 1.62 bits per heavy atom. The number of carbonyl (C=O) groups is 4. The molecule has 2 aliphatic rings. The van der Waals surface area contributed by atoms with Crippen LogP contribution in [0.5, 0.6) is 0 Å². The lowest BCUT2D eigenvalue weighted by atomic mass is 10.1. The number of hydrogen-bond donors (Lipinski definition) is 0. The van der Waals surface area contributed by atoms with Gasteiger partial charge in [0.25, 0.3) is 11.8 Å². The minimum Gasteiger partial charge on any atom is -0.444 e. The number of nitrogens with zero attached hydrogens (tertiary/aromatic N) is 2. The van der Waals surface area contributed by atoms with Crippen molar-refractivity contribution in [1.29, 1.82) is 0 Å². The number of fused-ring (bicyclic) bond motifs is 1. The van der Waals surface area contributed by atoms with E-state index in [1.54, 1.807) is 32.9 Å². The lowest BCUT2D eigenvalue weighted by Crippen LogP contribution is -2.54. The van der Waals surface area contributed by atoms with Crippen LogP contribution in [0.1, 0.15) is 41.5 Å². The summed E-state index contributed by atoms with van der Waals surface area (Å²) in [6, 6.07) is 5.87. The molecule has 0 aliphatic carbocycles. The number of sulfone groups is 1. The van der Waals surface area contributed by atoms with Crippen LogP contribution >= 0.6 is 0 Å². The maximum atomic E-state index is 12.5. The average Bonchev–Trinajstić information content (AvgIpc) is 2.85. The minimum atomic E-state index is -3.95. The molecule has 1 aromatic carbocycles. The second-order valence-electron chi connectivity index (χ2n) is 7.64. The number of hydrogen-bond acceptors (Lipinski definition) is 8. The van der Waals surface area contributed by atoms with Gasteiger partial charge >= 0.3 is 12.1 Å². The zero-order valence-electron chi connectivity index (χ0n) is 16.1. The van der Waals surface area contributed by atoms with Crippen LogP contribution in [-0.4, -0.2) is 72.0 Å². The van der Waals surface area contributed by atoms with Crippen molar-refractivity contribution in [2.45, 2.75) is 31.6 Å². The van der Waals surface area contributed by atoms with E-state index < -0.39 is 56.9 Å². The highest BCUT2D eigenvalue weighted by molar-refractivity contribution is 7.92. The van der Waals surface area contributed by atoms with E-state index in [0.717, 1.165) is 4.90 Å². The van der Waals surface area contributed by atoms with E-state index in [1.165, 1.54) is 12.1 Å². The van der Waals surface area contributed by atoms with E-state index in [1.807, 2.05) is 0 Å². The topological polar surface area (TPSA) is 127 Å². The molecular formula is C18H20N2O8S. The first-order valence-corrected chi connectivity index (χ1v) is 10.5. The molecule has 1 atom stereocenters. The molecule has 2 aliphatic heterocycles. The molecule has 0 spiro atoms. The summed E-state index contributed by atoms with van der Waals surface area (Å²) in [5.74, 6) is -3.52. The molecule has 1 unspecified atom stereocenters. The second-order valence-corrected chi connectivity index (χ2v) is 9.95. The Morgan fingerprint density at radius 3 is 2.14 bits per heavy atom.